The smallest absolute Gasteiger partial charge is 0.337 e. The number of carboxylic acid groups (broad SMARTS) is 1. The number of rotatable bonds is 3. The number of anilines is 1. The van der Waals surface area contributed by atoms with Gasteiger partial charge in [-0.25, -0.2) is 9.18 Å². The van der Waals surface area contributed by atoms with Gasteiger partial charge in [-0.15, -0.1) is 0 Å². The molecule has 0 radical (unpaired) electrons. The van der Waals surface area contributed by atoms with Crippen molar-refractivity contribution in [2.45, 2.75) is 6.92 Å². The van der Waals surface area contributed by atoms with Gasteiger partial charge in [0, 0.05) is 10.0 Å². The molecule has 4 nitrogen and oxygen atoms in total. The molecule has 0 aromatic heterocycles. The zero-order chi connectivity index (χ0) is 15.6. The molecule has 108 valence electrons. The van der Waals surface area contributed by atoms with Crippen molar-refractivity contribution >= 4 is 33.5 Å². The maximum Gasteiger partial charge on any atom is 0.337 e. The van der Waals surface area contributed by atoms with E-state index in [4.69, 9.17) is 5.11 Å². The Labute approximate surface area is 128 Å². The van der Waals surface area contributed by atoms with Gasteiger partial charge >= 0.3 is 5.97 Å². The highest BCUT2D eigenvalue weighted by molar-refractivity contribution is 9.10. The van der Waals surface area contributed by atoms with E-state index in [0.29, 0.717) is 5.56 Å². The van der Waals surface area contributed by atoms with Crippen LogP contribution in [0.15, 0.2) is 40.9 Å². The molecule has 0 aliphatic carbocycles. The van der Waals surface area contributed by atoms with Gasteiger partial charge in [0.15, 0.2) is 0 Å². The molecule has 2 aromatic rings. The zero-order valence-corrected chi connectivity index (χ0v) is 12.6. The van der Waals surface area contributed by atoms with E-state index in [2.05, 4.69) is 21.2 Å². The van der Waals surface area contributed by atoms with Crippen molar-refractivity contribution in [2.24, 2.45) is 0 Å². The fourth-order valence-electron chi connectivity index (χ4n) is 1.83. The lowest BCUT2D eigenvalue weighted by atomic mass is 10.1. The lowest BCUT2D eigenvalue weighted by Crippen LogP contribution is -2.16. The number of carbonyl (C=O) groups excluding carboxylic acids is 1. The highest BCUT2D eigenvalue weighted by Crippen LogP contribution is 2.21. The number of amides is 1. The summed E-state index contributed by atoms with van der Waals surface area (Å²) < 4.78 is 13.8. The van der Waals surface area contributed by atoms with E-state index in [1.165, 1.54) is 6.07 Å². The van der Waals surface area contributed by atoms with Crippen molar-refractivity contribution in [1.82, 2.24) is 0 Å². The van der Waals surface area contributed by atoms with Crippen molar-refractivity contribution in [3.8, 4) is 0 Å². The van der Waals surface area contributed by atoms with Crippen LogP contribution in [0, 0.1) is 12.7 Å². The molecular formula is C15H11BrFNO3. The number of nitrogens with one attached hydrogen (secondary N) is 1. The van der Waals surface area contributed by atoms with Gasteiger partial charge < -0.3 is 10.4 Å². The van der Waals surface area contributed by atoms with Crippen molar-refractivity contribution in [3.63, 3.8) is 0 Å². The van der Waals surface area contributed by atoms with E-state index >= 15 is 0 Å². The topological polar surface area (TPSA) is 66.4 Å². The van der Waals surface area contributed by atoms with Crippen LogP contribution in [0.5, 0.6) is 0 Å². The van der Waals surface area contributed by atoms with Crippen LogP contribution in [-0.2, 0) is 0 Å². The largest absolute Gasteiger partial charge is 0.478 e. The van der Waals surface area contributed by atoms with E-state index in [-0.39, 0.29) is 11.3 Å². The van der Waals surface area contributed by atoms with Crippen LogP contribution in [0.4, 0.5) is 10.1 Å². The Hall–Kier alpha value is -2.21. The van der Waals surface area contributed by atoms with Gasteiger partial charge in [-0.3, -0.25) is 4.79 Å². The maximum atomic E-state index is 13.1. The molecule has 0 saturated heterocycles. The number of aryl methyl sites for hydroxylation is 1. The summed E-state index contributed by atoms with van der Waals surface area (Å²) in [5.74, 6) is -2.44. The van der Waals surface area contributed by atoms with Gasteiger partial charge in [-0.1, -0.05) is 22.0 Å². The van der Waals surface area contributed by atoms with Gasteiger partial charge in [0.25, 0.3) is 5.91 Å². The van der Waals surface area contributed by atoms with E-state index in [9.17, 15) is 14.0 Å². The SMILES string of the molecule is Cc1ccc(Br)cc1C(=O)Nc1ccc(F)cc1C(=O)O. The molecule has 0 bridgehead atoms. The summed E-state index contributed by atoms with van der Waals surface area (Å²) in [6.45, 7) is 1.77. The standard InChI is InChI=1S/C15H11BrFNO3/c1-8-2-3-9(16)6-11(8)14(19)18-13-5-4-10(17)7-12(13)15(20)21/h2-7H,1H3,(H,18,19)(H,20,21). The number of hydrogen-bond acceptors (Lipinski definition) is 2. The van der Waals surface area contributed by atoms with E-state index < -0.39 is 17.7 Å². The Balaban J connectivity index is 2.36. The first kappa shape index (κ1) is 15.2. The van der Waals surface area contributed by atoms with Gasteiger partial charge in [0.2, 0.25) is 0 Å². The van der Waals surface area contributed by atoms with Crippen molar-refractivity contribution < 1.29 is 19.1 Å². The first-order chi connectivity index (χ1) is 9.88. The maximum absolute atomic E-state index is 13.1. The normalized spacial score (nSPS) is 10.2. The Bertz CT molecular complexity index is 731. The average Bonchev–Trinajstić information content (AvgIpc) is 2.43. The summed E-state index contributed by atoms with van der Waals surface area (Å²) in [6, 6.07) is 8.38. The predicted molar refractivity (Wildman–Crippen MR) is 80.2 cm³/mol. The van der Waals surface area contributed by atoms with E-state index in [0.717, 1.165) is 22.2 Å². The number of hydrogen-bond donors (Lipinski definition) is 2. The highest BCUT2D eigenvalue weighted by atomic mass is 79.9. The minimum absolute atomic E-state index is 0.0493. The van der Waals surface area contributed by atoms with Crippen LogP contribution in [0.2, 0.25) is 0 Å². The van der Waals surface area contributed by atoms with Crippen molar-refractivity contribution in [3.05, 3.63) is 63.4 Å². The van der Waals surface area contributed by atoms with E-state index in [1.807, 2.05) is 0 Å². The summed E-state index contributed by atoms with van der Waals surface area (Å²) in [5, 5.41) is 11.5. The molecular weight excluding hydrogens is 341 g/mol. The highest BCUT2D eigenvalue weighted by Gasteiger charge is 2.16. The molecule has 6 heteroatoms. The van der Waals surface area contributed by atoms with Crippen molar-refractivity contribution in [1.29, 1.82) is 0 Å². The summed E-state index contributed by atoms with van der Waals surface area (Å²) in [6.07, 6.45) is 0. The van der Waals surface area contributed by atoms with Gasteiger partial charge in [-0.2, -0.15) is 0 Å². The molecule has 0 unspecified atom stereocenters. The third-order valence-electron chi connectivity index (χ3n) is 2.90. The second kappa shape index (κ2) is 6.05. The summed E-state index contributed by atoms with van der Waals surface area (Å²) in [5.41, 5.74) is 0.906. The molecule has 1 amide bonds. The predicted octanol–water partition coefficient (Wildman–Crippen LogP) is 3.85. The van der Waals surface area contributed by atoms with Crippen LogP contribution >= 0.6 is 15.9 Å². The first-order valence-electron chi connectivity index (χ1n) is 5.99. The van der Waals surface area contributed by atoms with E-state index in [1.54, 1.807) is 25.1 Å². The molecule has 0 saturated carbocycles. The first-order valence-corrected chi connectivity index (χ1v) is 6.78. The summed E-state index contributed by atoms with van der Waals surface area (Å²) in [7, 11) is 0. The van der Waals surface area contributed by atoms with Crippen LogP contribution in [0.1, 0.15) is 26.3 Å². The lowest BCUT2D eigenvalue weighted by molar-refractivity contribution is 0.0697. The Morgan fingerprint density at radius 2 is 1.86 bits per heavy atom. The van der Waals surface area contributed by atoms with Gasteiger partial charge in [0.05, 0.1) is 11.3 Å². The number of benzene rings is 2. The Kier molecular flexibility index (Phi) is 4.37. The number of aromatic carboxylic acids is 1. The molecule has 0 fully saturated rings. The van der Waals surface area contributed by atoms with Crippen LogP contribution in [0.3, 0.4) is 0 Å². The number of halogens is 2. The summed E-state index contributed by atoms with van der Waals surface area (Å²) >= 11 is 3.27. The zero-order valence-electron chi connectivity index (χ0n) is 11.0. The monoisotopic (exact) mass is 351 g/mol. The molecule has 0 spiro atoms. The van der Waals surface area contributed by atoms with Crippen LogP contribution in [0.25, 0.3) is 0 Å². The lowest BCUT2D eigenvalue weighted by Gasteiger charge is -2.10. The third-order valence-corrected chi connectivity index (χ3v) is 3.40. The van der Waals surface area contributed by atoms with Gasteiger partial charge in [0.1, 0.15) is 5.82 Å². The van der Waals surface area contributed by atoms with Crippen LogP contribution < -0.4 is 5.32 Å². The molecule has 2 aromatic carbocycles. The number of carbonyl (C=O) groups is 2. The molecule has 0 aliphatic rings. The molecule has 0 heterocycles. The quantitative estimate of drug-likeness (QED) is 0.882. The fraction of sp³-hybridized carbons (Fsp3) is 0.0667. The molecule has 21 heavy (non-hydrogen) atoms. The second-order valence-electron chi connectivity index (χ2n) is 4.41. The molecule has 2 rings (SSSR count). The molecule has 2 N–H and O–H groups in total. The molecule has 0 atom stereocenters. The average molecular weight is 352 g/mol. The Morgan fingerprint density at radius 3 is 2.52 bits per heavy atom. The second-order valence-corrected chi connectivity index (χ2v) is 5.32. The van der Waals surface area contributed by atoms with Gasteiger partial charge in [-0.05, 0) is 42.8 Å². The minimum atomic E-state index is -1.31. The fourth-order valence-corrected chi connectivity index (χ4v) is 2.19. The third kappa shape index (κ3) is 3.46. The number of carboxylic acids is 1. The summed E-state index contributed by atoms with van der Waals surface area (Å²) in [4.78, 5) is 23.3. The minimum Gasteiger partial charge on any atom is -0.478 e. The molecule has 0 aliphatic heterocycles. The Morgan fingerprint density at radius 1 is 1.14 bits per heavy atom. The van der Waals surface area contributed by atoms with Crippen molar-refractivity contribution in [2.75, 3.05) is 5.32 Å². The van der Waals surface area contributed by atoms with Crippen LogP contribution in [-0.4, -0.2) is 17.0 Å².